The summed E-state index contributed by atoms with van der Waals surface area (Å²) in [5.41, 5.74) is -1.41. The van der Waals surface area contributed by atoms with Crippen LogP contribution >= 0.6 is 50.5 Å². The van der Waals surface area contributed by atoms with Gasteiger partial charge in [-0.2, -0.15) is 50.5 Å². The van der Waals surface area contributed by atoms with Crippen molar-refractivity contribution in [3.8, 4) is 0 Å². The van der Waals surface area contributed by atoms with Crippen LogP contribution in [0.5, 0.6) is 0 Å². The highest BCUT2D eigenvalue weighted by atomic mass is 32.1. The molecule has 0 saturated carbocycles. The average Bonchev–Trinajstić information content (AvgIpc) is 2.67. The Hall–Kier alpha value is -0.720. The first kappa shape index (κ1) is 28.3. The molecule has 8 nitrogen and oxygen atoms in total. The van der Waals surface area contributed by atoms with E-state index >= 15 is 0 Å². The van der Waals surface area contributed by atoms with Crippen molar-refractivity contribution < 1.29 is 38.1 Å². The number of ether oxygens (including phenoxy) is 4. The topological polar surface area (TPSA) is 105 Å². The number of hydrogen-bond donors (Lipinski definition) is 4. The van der Waals surface area contributed by atoms with Gasteiger partial charge in [0.15, 0.2) is 0 Å². The van der Waals surface area contributed by atoms with Gasteiger partial charge in [0.25, 0.3) is 0 Å². The lowest BCUT2D eigenvalue weighted by molar-refractivity contribution is -0.157. The van der Waals surface area contributed by atoms with Gasteiger partial charge in [-0.15, -0.1) is 0 Å². The standard InChI is InChI=1S/C17H28O8S4/c18-13(22-1-5-26)9-17(10-14(19)23-2-6-27,11-15(20)24-3-7-28)12-16(21)25-4-8-29/h26-29H,1-12H2. The Balaban J connectivity index is 5.59. The van der Waals surface area contributed by atoms with E-state index in [1.165, 1.54) is 0 Å². The lowest BCUT2D eigenvalue weighted by Gasteiger charge is -2.30. The third-order valence-corrected chi connectivity index (χ3v) is 4.22. The third kappa shape index (κ3) is 14.0. The van der Waals surface area contributed by atoms with Crippen LogP contribution in [0.15, 0.2) is 0 Å². The van der Waals surface area contributed by atoms with Crippen molar-refractivity contribution >= 4 is 74.4 Å². The van der Waals surface area contributed by atoms with Crippen molar-refractivity contribution in [1.29, 1.82) is 0 Å². The number of carbonyl (C=O) groups is 4. The summed E-state index contributed by atoms with van der Waals surface area (Å²) in [5, 5.41) is 0. The van der Waals surface area contributed by atoms with E-state index in [-0.39, 0.29) is 52.1 Å². The second-order valence-corrected chi connectivity index (χ2v) is 7.77. The summed E-state index contributed by atoms with van der Waals surface area (Å²) in [6, 6.07) is 0. The lowest BCUT2D eigenvalue weighted by Crippen LogP contribution is -2.35. The maximum absolute atomic E-state index is 12.3. The van der Waals surface area contributed by atoms with Crippen LogP contribution in [-0.2, 0) is 38.1 Å². The van der Waals surface area contributed by atoms with Crippen LogP contribution in [0.3, 0.4) is 0 Å². The van der Waals surface area contributed by atoms with Gasteiger partial charge >= 0.3 is 23.9 Å². The molecule has 0 rings (SSSR count). The Bertz CT molecular complexity index is 436. The molecule has 0 aliphatic carbocycles. The first-order chi connectivity index (χ1) is 13.8. The van der Waals surface area contributed by atoms with Gasteiger partial charge in [0.1, 0.15) is 26.4 Å². The van der Waals surface area contributed by atoms with Crippen molar-refractivity contribution in [2.24, 2.45) is 5.41 Å². The van der Waals surface area contributed by atoms with Gasteiger partial charge < -0.3 is 18.9 Å². The van der Waals surface area contributed by atoms with Gasteiger partial charge in [-0.3, -0.25) is 19.2 Å². The van der Waals surface area contributed by atoms with Gasteiger partial charge in [-0.25, -0.2) is 0 Å². The summed E-state index contributed by atoms with van der Waals surface area (Å²) in [7, 11) is 0. The van der Waals surface area contributed by atoms with Crippen molar-refractivity contribution in [2.75, 3.05) is 49.4 Å². The van der Waals surface area contributed by atoms with Crippen molar-refractivity contribution in [3.63, 3.8) is 0 Å². The van der Waals surface area contributed by atoms with Gasteiger partial charge in [-0.05, 0) is 0 Å². The SMILES string of the molecule is O=C(CC(CC(=O)OCCS)(CC(=O)OCCS)CC(=O)OCCS)OCCS. The van der Waals surface area contributed by atoms with Gasteiger partial charge in [0.05, 0.1) is 25.7 Å². The molecule has 29 heavy (non-hydrogen) atoms. The van der Waals surface area contributed by atoms with Crippen LogP contribution < -0.4 is 0 Å². The smallest absolute Gasteiger partial charge is 0.306 e. The summed E-state index contributed by atoms with van der Waals surface area (Å²) >= 11 is 15.9. The Morgan fingerprint density at radius 1 is 0.483 bits per heavy atom. The zero-order valence-electron chi connectivity index (χ0n) is 16.0. The van der Waals surface area contributed by atoms with E-state index in [1.807, 2.05) is 0 Å². The largest absolute Gasteiger partial charge is 0.465 e. The molecule has 0 aromatic heterocycles. The lowest BCUT2D eigenvalue weighted by atomic mass is 9.75. The normalized spacial score (nSPS) is 10.9. The number of rotatable bonds is 16. The fourth-order valence-electron chi connectivity index (χ4n) is 2.44. The van der Waals surface area contributed by atoms with Gasteiger partial charge in [0.2, 0.25) is 0 Å². The monoisotopic (exact) mass is 488 g/mol. The van der Waals surface area contributed by atoms with Crippen LogP contribution in [0.4, 0.5) is 0 Å². The zero-order chi connectivity index (χ0) is 22.1. The zero-order valence-corrected chi connectivity index (χ0v) is 19.6. The van der Waals surface area contributed by atoms with E-state index in [9.17, 15) is 19.2 Å². The molecule has 0 atom stereocenters. The Morgan fingerprint density at radius 3 is 0.862 bits per heavy atom. The Morgan fingerprint density at radius 2 is 0.690 bits per heavy atom. The minimum absolute atomic E-state index is 0.0519. The highest BCUT2D eigenvalue weighted by Crippen LogP contribution is 2.37. The number of carbonyl (C=O) groups excluding carboxylic acids is 4. The first-order valence-electron chi connectivity index (χ1n) is 8.88. The van der Waals surface area contributed by atoms with Crippen LogP contribution in [0.1, 0.15) is 25.7 Å². The fraction of sp³-hybridized carbons (Fsp3) is 0.765. The predicted molar refractivity (Wildman–Crippen MR) is 120 cm³/mol. The minimum Gasteiger partial charge on any atom is -0.465 e. The second kappa shape index (κ2) is 17.0. The van der Waals surface area contributed by atoms with E-state index < -0.39 is 29.3 Å². The molecule has 0 aliphatic heterocycles. The minimum atomic E-state index is -1.41. The van der Waals surface area contributed by atoms with Crippen molar-refractivity contribution in [1.82, 2.24) is 0 Å². The number of thiol groups is 4. The van der Waals surface area contributed by atoms with Crippen LogP contribution in [-0.4, -0.2) is 73.3 Å². The summed E-state index contributed by atoms with van der Waals surface area (Å²) in [6.45, 7) is 0.208. The third-order valence-electron chi connectivity index (χ3n) is 3.49. The molecule has 0 radical (unpaired) electrons. The molecule has 0 bridgehead atoms. The van der Waals surface area contributed by atoms with Gasteiger partial charge in [0, 0.05) is 28.4 Å². The first-order valence-corrected chi connectivity index (χ1v) is 11.4. The maximum atomic E-state index is 12.3. The predicted octanol–water partition coefficient (Wildman–Crippen LogP) is 1.43. The van der Waals surface area contributed by atoms with E-state index in [2.05, 4.69) is 50.5 Å². The fourth-order valence-corrected chi connectivity index (χ4v) is 2.81. The number of esters is 4. The van der Waals surface area contributed by atoms with Crippen molar-refractivity contribution in [3.05, 3.63) is 0 Å². The maximum Gasteiger partial charge on any atom is 0.306 e. The van der Waals surface area contributed by atoms with E-state index in [4.69, 9.17) is 18.9 Å². The Labute approximate surface area is 192 Å². The van der Waals surface area contributed by atoms with E-state index in [0.717, 1.165) is 0 Å². The molecule has 0 N–H and O–H groups in total. The second-order valence-electron chi connectivity index (χ2n) is 5.98. The summed E-state index contributed by atoms with van der Waals surface area (Å²) in [4.78, 5) is 49.0. The molecule has 0 amide bonds. The highest BCUT2D eigenvalue weighted by molar-refractivity contribution is 7.80. The summed E-state index contributed by atoms with van der Waals surface area (Å²) < 4.78 is 20.1. The molecule has 168 valence electrons. The molecule has 0 unspecified atom stereocenters. The molecule has 0 heterocycles. The molecule has 0 aromatic carbocycles. The van der Waals surface area contributed by atoms with Crippen LogP contribution in [0.25, 0.3) is 0 Å². The van der Waals surface area contributed by atoms with Gasteiger partial charge in [-0.1, -0.05) is 0 Å². The molecular formula is C17H28O8S4. The Kier molecular flexibility index (Phi) is 16.6. The van der Waals surface area contributed by atoms with Crippen molar-refractivity contribution in [2.45, 2.75) is 25.7 Å². The van der Waals surface area contributed by atoms with Crippen LogP contribution in [0.2, 0.25) is 0 Å². The summed E-state index contributed by atoms with van der Waals surface area (Å²) in [5.74, 6) is -1.49. The molecule has 0 saturated heterocycles. The average molecular weight is 489 g/mol. The molecular weight excluding hydrogens is 460 g/mol. The molecule has 12 heteroatoms. The summed E-state index contributed by atoms with van der Waals surface area (Å²) in [6.07, 6.45) is -1.49. The molecule has 0 aliphatic rings. The van der Waals surface area contributed by atoms with Crippen LogP contribution in [0, 0.1) is 5.41 Å². The molecule has 0 fully saturated rings. The van der Waals surface area contributed by atoms with E-state index in [1.54, 1.807) is 0 Å². The quantitative estimate of drug-likeness (QED) is 0.147. The molecule has 0 aromatic rings. The molecule has 0 spiro atoms. The highest BCUT2D eigenvalue weighted by Gasteiger charge is 2.41. The number of hydrogen-bond acceptors (Lipinski definition) is 12. The van der Waals surface area contributed by atoms with E-state index in [0.29, 0.717) is 23.0 Å².